The van der Waals surface area contributed by atoms with Crippen molar-refractivity contribution in [1.82, 2.24) is 5.32 Å². The van der Waals surface area contributed by atoms with E-state index in [1.807, 2.05) is 23.1 Å². The second kappa shape index (κ2) is 7.64. The van der Waals surface area contributed by atoms with Crippen LogP contribution in [0.3, 0.4) is 0 Å². The van der Waals surface area contributed by atoms with Crippen LogP contribution in [0.25, 0.3) is 0 Å². The van der Waals surface area contributed by atoms with Crippen LogP contribution in [0.2, 0.25) is 5.02 Å². The van der Waals surface area contributed by atoms with E-state index in [1.165, 1.54) is 0 Å². The Hall–Kier alpha value is -1.30. The number of nitrogens with one attached hydrogen (secondary N) is 1. The highest BCUT2D eigenvalue weighted by Gasteiger charge is 2.31. The predicted molar refractivity (Wildman–Crippen MR) is 84.6 cm³/mol. The quantitative estimate of drug-likeness (QED) is 0.749. The van der Waals surface area contributed by atoms with Crippen molar-refractivity contribution in [2.45, 2.75) is 25.4 Å². The Morgan fingerprint density at radius 3 is 3.10 bits per heavy atom. The molecule has 1 amide bonds. The summed E-state index contributed by atoms with van der Waals surface area (Å²) in [4.78, 5) is 13.7. The minimum Gasteiger partial charge on any atom is -0.383 e. The first-order valence-corrected chi connectivity index (χ1v) is 7.56. The molecule has 0 aliphatic carbocycles. The number of anilines is 1. The van der Waals surface area contributed by atoms with Crippen molar-refractivity contribution in [3.8, 4) is 0 Å². The van der Waals surface area contributed by atoms with E-state index in [1.54, 1.807) is 7.11 Å². The van der Waals surface area contributed by atoms with Gasteiger partial charge in [-0.25, -0.2) is 0 Å². The van der Waals surface area contributed by atoms with Crippen molar-refractivity contribution in [3.05, 3.63) is 28.8 Å². The Morgan fingerprint density at radius 1 is 1.57 bits per heavy atom. The fraction of sp³-hybridized carbons (Fsp3) is 0.533. The molecular formula is C15H22ClN3O2. The number of carbonyl (C=O) groups is 1. The number of nitrogens with zero attached hydrogens (tertiary/aromatic N) is 1. The smallest absolute Gasteiger partial charge is 0.240 e. The van der Waals surface area contributed by atoms with Gasteiger partial charge >= 0.3 is 0 Å². The van der Waals surface area contributed by atoms with E-state index < -0.39 is 0 Å². The molecule has 1 fully saturated rings. The SMILES string of the molecule is COCCNCc1cccc(Cl)c1N1CCCC1C(N)=O. The summed E-state index contributed by atoms with van der Waals surface area (Å²) in [6, 6.07) is 5.54. The summed E-state index contributed by atoms with van der Waals surface area (Å²) in [7, 11) is 1.67. The molecule has 0 radical (unpaired) electrons. The number of benzene rings is 1. The molecule has 0 spiro atoms. The van der Waals surface area contributed by atoms with Crippen LogP contribution in [0, 0.1) is 0 Å². The molecule has 5 nitrogen and oxygen atoms in total. The molecule has 1 aliphatic heterocycles. The topological polar surface area (TPSA) is 67.6 Å². The van der Waals surface area contributed by atoms with Crippen LogP contribution < -0.4 is 16.0 Å². The fourth-order valence-electron chi connectivity index (χ4n) is 2.75. The molecular weight excluding hydrogens is 290 g/mol. The summed E-state index contributed by atoms with van der Waals surface area (Å²) >= 11 is 6.37. The first-order chi connectivity index (χ1) is 10.1. The molecule has 116 valence electrons. The standard InChI is InChI=1S/C15H22ClN3O2/c1-21-9-7-18-10-11-4-2-5-12(16)14(11)19-8-3-6-13(19)15(17)20/h2,4-5,13,18H,3,6-10H2,1H3,(H2,17,20). The number of nitrogens with two attached hydrogens (primary N) is 1. The van der Waals surface area contributed by atoms with E-state index in [2.05, 4.69) is 5.32 Å². The Bertz CT molecular complexity index is 496. The van der Waals surface area contributed by atoms with Crippen molar-refractivity contribution in [1.29, 1.82) is 0 Å². The number of hydrogen-bond donors (Lipinski definition) is 2. The molecule has 1 aromatic carbocycles. The van der Waals surface area contributed by atoms with Crippen molar-refractivity contribution >= 4 is 23.2 Å². The highest BCUT2D eigenvalue weighted by Crippen LogP contribution is 2.35. The molecule has 2 rings (SSSR count). The molecule has 0 saturated carbocycles. The molecule has 1 aliphatic rings. The van der Waals surface area contributed by atoms with Gasteiger partial charge in [-0.1, -0.05) is 23.7 Å². The minimum absolute atomic E-state index is 0.261. The van der Waals surface area contributed by atoms with E-state index in [4.69, 9.17) is 22.1 Å². The lowest BCUT2D eigenvalue weighted by molar-refractivity contribution is -0.119. The maximum atomic E-state index is 11.6. The first kappa shape index (κ1) is 16.1. The Morgan fingerprint density at radius 2 is 2.38 bits per heavy atom. The van der Waals surface area contributed by atoms with Crippen molar-refractivity contribution < 1.29 is 9.53 Å². The highest BCUT2D eigenvalue weighted by atomic mass is 35.5. The van der Waals surface area contributed by atoms with Gasteiger partial charge in [0.1, 0.15) is 6.04 Å². The van der Waals surface area contributed by atoms with Crippen LogP contribution in [0.4, 0.5) is 5.69 Å². The van der Waals surface area contributed by atoms with E-state index in [9.17, 15) is 4.79 Å². The van der Waals surface area contributed by atoms with Crippen molar-refractivity contribution in [3.63, 3.8) is 0 Å². The molecule has 1 saturated heterocycles. The third-order valence-electron chi connectivity index (χ3n) is 3.74. The second-order valence-corrected chi connectivity index (χ2v) is 5.58. The normalized spacial score (nSPS) is 18.2. The summed E-state index contributed by atoms with van der Waals surface area (Å²) in [6.07, 6.45) is 1.74. The van der Waals surface area contributed by atoms with E-state index in [-0.39, 0.29) is 11.9 Å². The number of primary amides is 1. The monoisotopic (exact) mass is 311 g/mol. The Labute approximate surface area is 130 Å². The molecule has 1 heterocycles. The lowest BCUT2D eigenvalue weighted by Crippen LogP contribution is -2.41. The van der Waals surface area contributed by atoms with Gasteiger partial charge < -0.3 is 20.7 Å². The molecule has 3 N–H and O–H groups in total. The van der Waals surface area contributed by atoms with E-state index in [0.717, 1.165) is 37.2 Å². The van der Waals surface area contributed by atoms with Gasteiger partial charge in [0.2, 0.25) is 5.91 Å². The summed E-state index contributed by atoms with van der Waals surface area (Å²) in [5, 5.41) is 3.97. The lowest BCUT2D eigenvalue weighted by Gasteiger charge is -2.28. The molecule has 6 heteroatoms. The zero-order chi connectivity index (χ0) is 15.2. The maximum absolute atomic E-state index is 11.6. The number of amides is 1. The zero-order valence-corrected chi connectivity index (χ0v) is 13.0. The van der Waals surface area contributed by atoms with Gasteiger partial charge in [0.15, 0.2) is 0 Å². The number of para-hydroxylation sites is 1. The lowest BCUT2D eigenvalue weighted by atomic mass is 10.1. The van der Waals surface area contributed by atoms with Gasteiger partial charge in [-0.15, -0.1) is 0 Å². The number of halogens is 1. The zero-order valence-electron chi connectivity index (χ0n) is 12.3. The van der Waals surface area contributed by atoms with Crippen LogP contribution in [0.15, 0.2) is 18.2 Å². The van der Waals surface area contributed by atoms with Crippen molar-refractivity contribution in [2.75, 3.05) is 31.7 Å². The van der Waals surface area contributed by atoms with Crippen LogP contribution in [-0.2, 0) is 16.1 Å². The summed E-state index contributed by atoms with van der Waals surface area (Å²) in [6.45, 7) is 2.91. The Balaban J connectivity index is 2.19. The van der Waals surface area contributed by atoms with E-state index >= 15 is 0 Å². The number of methoxy groups -OCH3 is 1. The molecule has 21 heavy (non-hydrogen) atoms. The number of hydrogen-bond acceptors (Lipinski definition) is 4. The number of ether oxygens (including phenoxy) is 1. The maximum Gasteiger partial charge on any atom is 0.240 e. The van der Waals surface area contributed by atoms with Crippen LogP contribution in [-0.4, -0.2) is 38.8 Å². The Kier molecular flexibility index (Phi) is 5.85. The molecule has 0 bridgehead atoms. The van der Waals surface area contributed by atoms with Gasteiger partial charge in [0.05, 0.1) is 17.3 Å². The summed E-state index contributed by atoms with van der Waals surface area (Å²) in [5.41, 5.74) is 7.51. The minimum atomic E-state index is -0.286. The molecule has 1 unspecified atom stereocenters. The summed E-state index contributed by atoms with van der Waals surface area (Å²) in [5.74, 6) is -0.286. The van der Waals surface area contributed by atoms with E-state index in [0.29, 0.717) is 18.2 Å². The van der Waals surface area contributed by atoms with Gasteiger partial charge in [-0.05, 0) is 24.5 Å². The second-order valence-electron chi connectivity index (χ2n) is 5.17. The van der Waals surface area contributed by atoms with Crippen LogP contribution >= 0.6 is 11.6 Å². The molecule has 1 aromatic rings. The summed E-state index contributed by atoms with van der Waals surface area (Å²) < 4.78 is 5.02. The van der Waals surface area contributed by atoms with Gasteiger partial charge in [-0.3, -0.25) is 4.79 Å². The highest BCUT2D eigenvalue weighted by molar-refractivity contribution is 6.33. The fourth-order valence-corrected chi connectivity index (χ4v) is 3.05. The van der Waals surface area contributed by atoms with Crippen LogP contribution in [0.5, 0.6) is 0 Å². The predicted octanol–water partition coefficient (Wildman–Crippen LogP) is 1.53. The van der Waals surface area contributed by atoms with Gasteiger partial charge in [0, 0.05) is 26.7 Å². The van der Waals surface area contributed by atoms with Gasteiger partial charge in [-0.2, -0.15) is 0 Å². The van der Waals surface area contributed by atoms with Crippen LogP contribution in [0.1, 0.15) is 18.4 Å². The average Bonchev–Trinajstić information content (AvgIpc) is 2.93. The third-order valence-corrected chi connectivity index (χ3v) is 4.04. The largest absolute Gasteiger partial charge is 0.383 e. The third kappa shape index (κ3) is 3.87. The van der Waals surface area contributed by atoms with Crippen molar-refractivity contribution in [2.24, 2.45) is 5.73 Å². The average molecular weight is 312 g/mol. The van der Waals surface area contributed by atoms with Gasteiger partial charge in [0.25, 0.3) is 0 Å². The number of carbonyl (C=O) groups excluding carboxylic acids is 1. The first-order valence-electron chi connectivity index (χ1n) is 7.18. The molecule has 1 atom stereocenters. The number of rotatable bonds is 7. The molecule has 0 aromatic heterocycles.